The quantitative estimate of drug-likeness (QED) is 0.644. The second kappa shape index (κ2) is 4.74. The lowest BCUT2D eigenvalue weighted by atomic mass is 9.93. The molecular formula is C12H18N2O3. The summed E-state index contributed by atoms with van der Waals surface area (Å²) in [5.41, 5.74) is -0.569. The molecule has 1 aliphatic heterocycles. The summed E-state index contributed by atoms with van der Waals surface area (Å²) >= 11 is 0. The van der Waals surface area contributed by atoms with Gasteiger partial charge in [0.05, 0.1) is 6.07 Å². The van der Waals surface area contributed by atoms with E-state index in [0.717, 1.165) is 0 Å². The molecule has 0 N–H and O–H groups in total. The van der Waals surface area contributed by atoms with E-state index < -0.39 is 17.6 Å². The number of ether oxygens (including phenoxy) is 1. The van der Waals surface area contributed by atoms with Crippen LogP contribution in [-0.4, -0.2) is 35.0 Å². The summed E-state index contributed by atoms with van der Waals surface area (Å²) < 4.78 is 5.24. The van der Waals surface area contributed by atoms with Crippen molar-refractivity contribution in [3.63, 3.8) is 0 Å². The summed E-state index contributed by atoms with van der Waals surface area (Å²) in [6, 6.07) is 1.72. The first kappa shape index (κ1) is 13.5. The van der Waals surface area contributed by atoms with Gasteiger partial charge in [-0.25, -0.2) is 4.79 Å². The van der Waals surface area contributed by atoms with Crippen LogP contribution in [0.25, 0.3) is 0 Å². The van der Waals surface area contributed by atoms with Crippen molar-refractivity contribution in [1.29, 1.82) is 5.26 Å². The van der Waals surface area contributed by atoms with Crippen LogP contribution < -0.4 is 0 Å². The van der Waals surface area contributed by atoms with Gasteiger partial charge in [0, 0.05) is 19.0 Å². The lowest BCUT2D eigenvalue weighted by molar-refractivity contribution is -0.125. The Morgan fingerprint density at radius 1 is 1.53 bits per heavy atom. The van der Waals surface area contributed by atoms with Crippen LogP contribution in [0.1, 0.15) is 34.1 Å². The first-order valence-electron chi connectivity index (χ1n) is 5.66. The van der Waals surface area contributed by atoms with E-state index in [2.05, 4.69) is 0 Å². The SMILES string of the molecule is C[C@H]1CC(=O)C(C#N)CN1C(=O)OC(C)(C)C. The number of piperidine rings is 1. The van der Waals surface area contributed by atoms with Crippen LogP contribution in [0.5, 0.6) is 0 Å². The lowest BCUT2D eigenvalue weighted by Gasteiger charge is -2.35. The van der Waals surface area contributed by atoms with Crippen molar-refractivity contribution in [2.45, 2.75) is 45.8 Å². The van der Waals surface area contributed by atoms with Gasteiger partial charge in [0.15, 0.2) is 5.78 Å². The fourth-order valence-corrected chi connectivity index (χ4v) is 1.71. The predicted octanol–water partition coefficient (Wildman–Crippen LogP) is 1.72. The maximum atomic E-state index is 11.9. The Balaban J connectivity index is 2.74. The van der Waals surface area contributed by atoms with Crippen molar-refractivity contribution in [1.82, 2.24) is 4.90 Å². The molecule has 1 fully saturated rings. The maximum absolute atomic E-state index is 11.9. The van der Waals surface area contributed by atoms with Gasteiger partial charge >= 0.3 is 6.09 Å². The van der Waals surface area contributed by atoms with E-state index in [9.17, 15) is 9.59 Å². The molecule has 0 aromatic heterocycles. The third-order valence-corrected chi connectivity index (χ3v) is 2.58. The van der Waals surface area contributed by atoms with E-state index in [1.807, 2.05) is 6.07 Å². The van der Waals surface area contributed by atoms with E-state index in [1.54, 1.807) is 27.7 Å². The minimum atomic E-state index is -0.723. The molecule has 0 saturated carbocycles. The van der Waals surface area contributed by atoms with Crippen molar-refractivity contribution >= 4 is 11.9 Å². The summed E-state index contributed by atoms with van der Waals surface area (Å²) in [7, 11) is 0. The van der Waals surface area contributed by atoms with Gasteiger partial charge < -0.3 is 9.64 Å². The van der Waals surface area contributed by atoms with Crippen LogP contribution in [0.2, 0.25) is 0 Å². The van der Waals surface area contributed by atoms with Gasteiger partial charge in [-0.15, -0.1) is 0 Å². The van der Waals surface area contributed by atoms with Gasteiger partial charge in [-0.1, -0.05) is 0 Å². The smallest absolute Gasteiger partial charge is 0.410 e. The molecule has 1 amide bonds. The summed E-state index contributed by atoms with van der Waals surface area (Å²) in [4.78, 5) is 24.8. The molecule has 0 radical (unpaired) electrons. The number of nitriles is 1. The summed E-state index contributed by atoms with van der Waals surface area (Å²) in [6.07, 6.45) is -0.241. The number of hydrogen-bond donors (Lipinski definition) is 0. The van der Waals surface area contributed by atoms with E-state index in [1.165, 1.54) is 4.90 Å². The molecule has 0 bridgehead atoms. The number of hydrogen-bond acceptors (Lipinski definition) is 4. The molecule has 1 heterocycles. The molecule has 1 unspecified atom stereocenters. The minimum Gasteiger partial charge on any atom is -0.444 e. The van der Waals surface area contributed by atoms with Gasteiger partial charge in [-0.3, -0.25) is 4.79 Å². The largest absolute Gasteiger partial charge is 0.444 e. The number of ketones is 1. The first-order chi connectivity index (χ1) is 7.74. The fourth-order valence-electron chi connectivity index (χ4n) is 1.71. The second-order valence-electron chi connectivity index (χ2n) is 5.33. The number of rotatable bonds is 0. The normalized spacial score (nSPS) is 25.4. The number of carbonyl (C=O) groups excluding carboxylic acids is 2. The zero-order valence-electron chi connectivity index (χ0n) is 10.7. The molecule has 1 rings (SSSR count). The standard InChI is InChI=1S/C12H18N2O3/c1-8-5-10(15)9(6-13)7-14(8)11(16)17-12(2,3)4/h8-9H,5,7H2,1-4H3/t8-,9?/m0/s1. The van der Waals surface area contributed by atoms with Gasteiger partial charge in [0.25, 0.3) is 0 Å². The number of likely N-dealkylation sites (tertiary alicyclic amines) is 1. The Hall–Kier alpha value is -1.57. The topological polar surface area (TPSA) is 70.4 Å². The molecule has 0 aliphatic carbocycles. The molecule has 1 saturated heterocycles. The van der Waals surface area contributed by atoms with Crippen molar-refractivity contribution in [3.8, 4) is 6.07 Å². The third-order valence-electron chi connectivity index (χ3n) is 2.58. The van der Waals surface area contributed by atoms with Crippen molar-refractivity contribution in [2.75, 3.05) is 6.54 Å². The number of carbonyl (C=O) groups is 2. The van der Waals surface area contributed by atoms with E-state index >= 15 is 0 Å². The van der Waals surface area contributed by atoms with Crippen molar-refractivity contribution in [3.05, 3.63) is 0 Å². The Morgan fingerprint density at radius 3 is 2.59 bits per heavy atom. The zero-order chi connectivity index (χ0) is 13.2. The molecule has 94 valence electrons. The van der Waals surface area contributed by atoms with Gasteiger partial charge in [-0.05, 0) is 27.7 Å². The van der Waals surface area contributed by atoms with Crippen LogP contribution in [0.4, 0.5) is 4.79 Å². The van der Waals surface area contributed by atoms with Gasteiger partial charge in [0.2, 0.25) is 0 Å². The monoisotopic (exact) mass is 238 g/mol. The molecule has 5 nitrogen and oxygen atoms in total. The van der Waals surface area contributed by atoms with Crippen LogP contribution >= 0.6 is 0 Å². The zero-order valence-corrected chi connectivity index (χ0v) is 10.7. The molecule has 0 spiro atoms. The third kappa shape index (κ3) is 3.45. The minimum absolute atomic E-state index is 0.0974. The Bertz CT molecular complexity index is 365. The fraction of sp³-hybridized carbons (Fsp3) is 0.750. The Labute approximate surface area is 101 Å². The van der Waals surface area contributed by atoms with Crippen LogP contribution in [-0.2, 0) is 9.53 Å². The van der Waals surface area contributed by atoms with Crippen molar-refractivity contribution < 1.29 is 14.3 Å². The summed E-state index contributed by atoms with van der Waals surface area (Å²) in [6.45, 7) is 7.27. The van der Waals surface area contributed by atoms with Crippen molar-refractivity contribution in [2.24, 2.45) is 5.92 Å². The molecular weight excluding hydrogens is 220 g/mol. The average molecular weight is 238 g/mol. The predicted molar refractivity (Wildman–Crippen MR) is 61.1 cm³/mol. The van der Waals surface area contributed by atoms with Gasteiger partial charge in [-0.2, -0.15) is 5.26 Å². The number of amides is 1. The summed E-state index contributed by atoms with van der Waals surface area (Å²) in [5, 5.41) is 8.83. The molecule has 0 aromatic carbocycles. The van der Waals surface area contributed by atoms with E-state index in [-0.39, 0.29) is 24.8 Å². The van der Waals surface area contributed by atoms with Crippen LogP contribution in [0.3, 0.4) is 0 Å². The second-order valence-corrected chi connectivity index (χ2v) is 5.33. The Morgan fingerprint density at radius 2 is 2.12 bits per heavy atom. The van der Waals surface area contributed by atoms with Crippen LogP contribution in [0, 0.1) is 17.2 Å². The number of nitrogens with zero attached hydrogens (tertiary/aromatic N) is 2. The highest BCUT2D eigenvalue weighted by molar-refractivity contribution is 5.86. The summed E-state index contributed by atoms with van der Waals surface area (Å²) in [5.74, 6) is -0.821. The van der Waals surface area contributed by atoms with Crippen LogP contribution in [0.15, 0.2) is 0 Å². The average Bonchev–Trinajstić information content (AvgIpc) is 2.14. The molecule has 17 heavy (non-hydrogen) atoms. The van der Waals surface area contributed by atoms with E-state index in [4.69, 9.17) is 10.00 Å². The number of Topliss-reactive ketones (excluding diaryl/α,β-unsaturated/α-hetero) is 1. The van der Waals surface area contributed by atoms with E-state index in [0.29, 0.717) is 0 Å². The first-order valence-corrected chi connectivity index (χ1v) is 5.66. The molecule has 0 aromatic rings. The Kier molecular flexibility index (Phi) is 3.76. The highest BCUT2D eigenvalue weighted by Gasteiger charge is 2.36. The molecule has 5 heteroatoms. The van der Waals surface area contributed by atoms with Gasteiger partial charge in [0.1, 0.15) is 11.5 Å². The highest BCUT2D eigenvalue weighted by atomic mass is 16.6. The molecule has 1 aliphatic rings. The molecule has 2 atom stereocenters. The lowest BCUT2D eigenvalue weighted by Crippen LogP contribution is -2.50. The maximum Gasteiger partial charge on any atom is 0.410 e. The highest BCUT2D eigenvalue weighted by Crippen LogP contribution is 2.21.